The van der Waals surface area contributed by atoms with Crippen molar-refractivity contribution < 1.29 is 14.3 Å². The van der Waals surface area contributed by atoms with Gasteiger partial charge in [0.15, 0.2) is 5.13 Å². The van der Waals surface area contributed by atoms with Gasteiger partial charge >= 0.3 is 6.03 Å². The molecule has 2 aliphatic heterocycles. The SMILES string of the molecule is O=C(Nc1nc2c(s1)CN(C(=O)Nc1ccccc1)CC2)C1CCCO1. The molecule has 4 rings (SSSR count). The molecular weight excluding hydrogens is 352 g/mol. The van der Waals surface area contributed by atoms with E-state index in [1.54, 1.807) is 4.90 Å². The number of thiazole rings is 1. The van der Waals surface area contributed by atoms with Crippen LogP contribution in [0, 0.1) is 0 Å². The van der Waals surface area contributed by atoms with Crippen LogP contribution in [0.3, 0.4) is 0 Å². The van der Waals surface area contributed by atoms with E-state index in [-0.39, 0.29) is 18.0 Å². The van der Waals surface area contributed by atoms with Crippen molar-refractivity contribution in [3.05, 3.63) is 40.9 Å². The number of rotatable bonds is 3. The molecule has 1 aromatic carbocycles. The predicted molar refractivity (Wildman–Crippen MR) is 99.3 cm³/mol. The average Bonchev–Trinajstić information content (AvgIpc) is 3.31. The van der Waals surface area contributed by atoms with E-state index in [1.165, 1.54) is 11.3 Å². The Morgan fingerprint density at radius 1 is 1.23 bits per heavy atom. The van der Waals surface area contributed by atoms with Crippen LogP contribution in [0.4, 0.5) is 15.6 Å². The van der Waals surface area contributed by atoms with Crippen molar-refractivity contribution in [3.8, 4) is 0 Å². The van der Waals surface area contributed by atoms with Crippen molar-refractivity contribution >= 4 is 34.1 Å². The molecule has 1 saturated heterocycles. The zero-order chi connectivity index (χ0) is 17.9. The molecule has 0 saturated carbocycles. The van der Waals surface area contributed by atoms with Gasteiger partial charge < -0.3 is 15.0 Å². The summed E-state index contributed by atoms with van der Waals surface area (Å²) in [6, 6.07) is 9.27. The number of hydrogen-bond acceptors (Lipinski definition) is 5. The summed E-state index contributed by atoms with van der Waals surface area (Å²) in [4.78, 5) is 31.9. The Morgan fingerprint density at radius 3 is 2.85 bits per heavy atom. The highest BCUT2D eigenvalue weighted by Crippen LogP contribution is 2.29. The molecule has 136 valence electrons. The van der Waals surface area contributed by atoms with Crippen molar-refractivity contribution in [1.82, 2.24) is 9.88 Å². The number of benzene rings is 1. The monoisotopic (exact) mass is 372 g/mol. The molecule has 1 aromatic heterocycles. The minimum atomic E-state index is -0.371. The number of fused-ring (bicyclic) bond motifs is 1. The van der Waals surface area contributed by atoms with Crippen molar-refractivity contribution in [1.29, 1.82) is 0 Å². The first-order chi connectivity index (χ1) is 12.7. The van der Waals surface area contributed by atoms with Crippen LogP contribution in [0.15, 0.2) is 30.3 Å². The third-order valence-electron chi connectivity index (χ3n) is 4.50. The number of para-hydroxylation sites is 1. The first-order valence-electron chi connectivity index (χ1n) is 8.71. The van der Waals surface area contributed by atoms with Crippen LogP contribution in [0.1, 0.15) is 23.4 Å². The lowest BCUT2D eigenvalue weighted by Crippen LogP contribution is -2.38. The number of aromatic nitrogens is 1. The summed E-state index contributed by atoms with van der Waals surface area (Å²) >= 11 is 1.43. The maximum Gasteiger partial charge on any atom is 0.322 e. The number of urea groups is 1. The van der Waals surface area contributed by atoms with Gasteiger partial charge in [-0.1, -0.05) is 29.5 Å². The van der Waals surface area contributed by atoms with Gasteiger partial charge in [0, 0.05) is 30.1 Å². The van der Waals surface area contributed by atoms with E-state index < -0.39 is 0 Å². The number of carbonyl (C=O) groups is 2. The highest BCUT2D eigenvalue weighted by Gasteiger charge is 2.27. The number of nitrogens with one attached hydrogen (secondary N) is 2. The second-order valence-corrected chi connectivity index (χ2v) is 7.43. The van der Waals surface area contributed by atoms with Crippen LogP contribution < -0.4 is 10.6 Å². The molecule has 2 N–H and O–H groups in total. The van der Waals surface area contributed by atoms with Gasteiger partial charge in [-0.25, -0.2) is 9.78 Å². The Hall–Kier alpha value is -2.45. The summed E-state index contributed by atoms with van der Waals surface area (Å²) in [6.45, 7) is 1.74. The molecule has 0 aliphatic carbocycles. The summed E-state index contributed by atoms with van der Waals surface area (Å²) in [5.74, 6) is -0.132. The third kappa shape index (κ3) is 3.71. The van der Waals surface area contributed by atoms with E-state index in [9.17, 15) is 9.59 Å². The number of ether oxygens (including phenoxy) is 1. The van der Waals surface area contributed by atoms with Gasteiger partial charge in [0.1, 0.15) is 6.10 Å². The molecule has 1 atom stereocenters. The summed E-state index contributed by atoms with van der Waals surface area (Å²) in [6.07, 6.45) is 1.98. The lowest BCUT2D eigenvalue weighted by Gasteiger charge is -2.26. The fourth-order valence-electron chi connectivity index (χ4n) is 3.12. The molecule has 2 aliphatic rings. The Balaban J connectivity index is 1.38. The summed E-state index contributed by atoms with van der Waals surface area (Å²) < 4.78 is 5.40. The van der Waals surface area contributed by atoms with E-state index in [0.29, 0.717) is 31.2 Å². The molecular formula is C18H20N4O3S. The fourth-order valence-corrected chi connectivity index (χ4v) is 4.14. The smallest absolute Gasteiger partial charge is 0.322 e. The van der Waals surface area contributed by atoms with Gasteiger partial charge in [0.05, 0.1) is 12.2 Å². The van der Waals surface area contributed by atoms with E-state index in [2.05, 4.69) is 15.6 Å². The highest BCUT2D eigenvalue weighted by atomic mass is 32.1. The minimum absolute atomic E-state index is 0.125. The largest absolute Gasteiger partial charge is 0.368 e. The molecule has 26 heavy (non-hydrogen) atoms. The summed E-state index contributed by atoms with van der Waals surface area (Å²) in [5, 5.41) is 6.34. The Kier molecular flexibility index (Phi) is 4.85. The quantitative estimate of drug-likeness (QED) is 0.868. The van der Waals surface area contributed by atoms with Crippen molar-refractivity contribution in [2.45, 2.75) is 31.9 Å². The standard InChI is InChI=1S/C18H20N4O3S/c23-16(14-7-4-10-25-14)21-17-20-13-8-9-22(11-15(13)26-17)18(24)19-12-5-2-1-3-6-12/h1-3,5-6,14H,4,7-11H2,(H,19,24)(H,20,21,23). The highest BCUT2D eigenvalue weighted by molar-refractivity contribution is 7.15. The van der Waals surface area contributed by atoms with Crippen LogP contribution >= 0.6 is 11.3 Å². The average molecular weight is 372 g/mol. The number of amides is 3. The molecule has 2 aromatic rings. The van der Waals surface area contributed by atoms with Gasteiger partial charge in [-0.05, 0) is 25.0 Å². The van der Waals surface area contributed by atoms with Crippen LogP contribution in [0.2, 0.25) is 0 Å². The third-order valence-corrected chi connectivity index (χ3v) is 5.49. The number of hydrogen-bond donors (Lipinski definition) is 2. The normalized spacial score (nSPS) is 19.1. The lowest BCUT2D eigenvalue weighted by atomic mass is 10.2. The summed E-state index contributed by atoms with van der Waals surface area (Å²) in [7, 11) is 0. The minimum Gasteiger partial charge on any atom is -0.368 e. The number of carbonyl (C=O) groups excluding carboxylic acids is 2. The van der Waals surface area contributed by atoms with Gasteiger partial charge in [0.2, 0.25) is 0 Å². The summed E-state index contributed by atoms with van der Waals surface area (Å²) in [5.41, 5.74) is 1.73. The second kappa shape index (κ2) is 7.43. The number of anilines is 2. The van der Waals surface area contributed by atoms with E-state index >= 15 is 0 Å². The predicted octanol–water partition coefficient (Wildman–Crippen LogP) is 2.85. The Bertz CT molecular complexity index is 802. The zero-order valence-electron chi connectivity index (χ0n) is 14.2. The molecule has 0 radical (unpaired) electrons. The van der Waals surface area contributed by atoms with Gasteiger partial charge in [-0.3, -0.25) is 10.1 Å². The number of nitrogens with zero attached hydrogens (tertiary/aromatic N) is 2. The topological polar surface area (TPSA) is 83.6 Å². The second-order valence-electron chi connectivity index (χ2n) is 6.35. The molecule has 3 heterocycles. The first-order valence-corrected chi connectivity index (χ1v) is 9.53. The van der Waals surface area contributed by atoms with Gasteiger partial charge in [-0.2, -0.15) is 0 Å². The van der Waals surface area contributed by atoms with E-state index in [4.69, 9.17) is 4.74 Å². The molecule has 0 spiro atoms. The molecule has 1 fully saturated rings. The van der Waals surface area contributed by atoms with E-state index in [1.807, 2.05) is 30.3 Å². The Morgan fingerprint density at radius 2 is 2.08 bits per heavy atom. The maximum atomic E-state index is 12.4. The van der Waals surface area contributed by atoms with Crippen LogP contribution in [-0.2, 0) is 22.5 Å². The van der Waals surface area contributed by atoms with E-state index in [0.717, 1.165) is 29.1 Å². The first kappa shape index (κ1) is 17.0. The van der Waals surface area contributed by atoms with Crippen LogP contribution in [0.25, 0.3) is 0 Å². The Labute approximate surface area is 155 Å². The van der Waals surface area contributed by atoms with Gasteiger partial charge in [-0.15, -0.1) is 0 Å². The van der Waals surface area contributed by atoms with Crippen LogP contribution in [0.5, 0.6) is 0 Å². The molecule has 1 unspecified atom stereocenters. The molecule has 3 amide bonds. The van der Waals surface area contributed by atoms with Crippen molar-refractivity contribution in [2.24, 2.45) is 0 Å². The molecule has 0 bridgehead atoms. The molecule has 8 heteroatoms. The van der Waals surface area contributed by atoms with Crippen molar-refractivity contribution in [2.75, 3.05) is 23.8 Å². The van der Waals surface area contributed by atoms with Crippen molar-refractivity contribution in [3.63, 3.8) is 0 Å². The lowest BCUT2D eigenvalue weighted by molar-refractivity contribution is -0.124. The fraction of sp³-hybridized carbons (Fsp3) is 0.389. The van der Waals surface area contributed by atoms with Crippen LogP contribution in [-0.4, -0.2) is 41.1 Å². The molecule has 7 nitrogen and oxygen atoms in total. The van der Waals surface area contributed by atoms with Gasteiger partial charge in [0.25, 0.3) is 5.91 Å². The maximum absolute atomic E-state index is 12.4. The zero-order valence-corrected chi connectivity index (χ0v) is 15.1.